The molecule has 0 spiro atoms. The van der Waals surface area contributed by atoms with Crippen molar-refractivity contribution in [2.24, 2.45) is 5.41 Å². The molecule has 1 aromatic rings. The molecule has 2 rings (SSSR count). The second-order valence-corrected chi connectivity index (χ2v) is 4.69. The van der Waals surface area contributed by atoms with Crippen molar-refractivity contribution in [1.82, 2.24) is 5.43 Å². The minimum absolute atomic E-state index is 0.116. The number of rotatable bonds is 2. The molecule has 80 valence electrons. The Bertz CT molecular complexity index is 363. The van der Waals surface area contributed by atoms with Gasteiger partial charge in [-0.15, -0.1) is 0 Å². The largest absolute Gasteiger partial charge is 0.291 e. The highest BCUT2D eigenvalue weighted by Crippen LogP contribution is 2.31. The lowest BCUT2D eigenvalue weighted by Crippen LogP contribution is -2.32. The Labute approximate surface area is 96.3 Å². The number of nitrogens with zero attached hydrogens (tertiary/aromatic N) is 1. The van der Waals surface area contributed by atoms with Gasteiger partial charge in [-0.1, -0.05) is 44.3 Å². The van der Waals surface area contributed by atoms with E-state index < -0.39 is 0 Å². The summed E-state index contributed by atoms with van der Waals surface area (Å²) in [6.07, 6.45) is 1.07. The zero-order valence-corrected chi connectivity index (χ0v) is 9.97. The van der Waals surface area contributed by atoms with Gasteiger partial charge in [0.25, 0.3) is 0 Å². The molecule has 1 fully saturated rings. The van der Waals surface area contributed by atoms with Gasteiger partial charge in [0.05, 0.1) is 12.2 Å². The summed E-state index contributed by atoms with van der Waals surface area (Å²) in [5, 5.41) is 2.13. The number of hydrogen-bond donors (Lipinski definition) is 1. The second kappa shape index (κ2) is 3.81. The number of benzene rings is 1. The normalized spacial score (nSPS) is 25.5. The van der Waals surface area contributed by atoms with Crippen LogP contribution in [0.5, 0.6) is 0 Å². The summed E-state index contributed by atoms with van der Waals surface area (Å²) in [4.78, 5) is 0.953. The van der Waals surface area contributed by atoms with Crippen LogP contribution in [0.1, 0.15) is 20.3 Å². The van der Waals surface area contributed by atoms with Gasteiger partial charge in [0.2, 0.25) is 0 Å². The van der Waals surface area contributed by atoms with Crippen LogP contribution in [0, 0.1) is 5.41 Å². The van der Waals surface area contributed by atoms with E-state index in [-0.39, 0.29) is 5.41 Å². The third kappa shape index (κ3) is 1.84. The lowest BCUT2D eigenvalue weighted by molar-refractivity contribution is 0.487. The molecule has 1 atom stereocenters. The summed E-state index contributed by atoms with van der Waals surface area (Å²) in [5.74, 6) is 0. The van der Waals surface area contributed by atoms with Crippen molar-refractivity contribution in [3.8, 4) is 0 Å². The molecule has 1 unspecified atom stereocenters. The van der Waals surface area contributed by atoms with Gasteiger partial charge >= 0.3 is 0 Å². The first kappa shape index (κ1) is 10.4. The summed E-state index contributed by atoms with van der Waals surface area (Å²) in [7, 11) is 0. The van der Waals surface area contributed by atoms with Gasteiger partial charge in [0, 0.05) is 5.41 Å². The summed E-state index contributed by atoms with van der Waals surface area (Å²) < 4.78 is 0. The first-order valence-corrected chi connectivity index (χ1v) is 5.70. The topological polar surface area (TPSA) is 15.3 Å². The van der Waals surface area contributed by atoms with Crippen molar-refractivity contribution in [3.63, 3.8) is 0 Å². The van der Waals surface area contributed by atoms with Crippen LogP contribution in [0.25, 0.3) is 0 Å². The van der Waals surface area contributed by atoms with Gasteiger partial charge in [0.1, 0.15) is 4.99 Å². The van der Waals surface area contributed by atoms with E-state index in [2.05, 4.69) is 36.4 Å². The molecule has 1 heterocycles. The van der Waals surface area contributed by atoms with E-state index in [0.29, 0.717) is 0 Å². The monoisotopic (exact) mass is 220 g/mol. The maximum Gasteiger partial charge on any atom is 0.102 e. The van der Waals surface area contributed by atoms with Crippen LogP contribution in [0.2, 0.25) is 0 Å². The van der Waals surface area contributed by atoms with E-state index in [1.807, 2.05) is 18.2 Å². The second-order valence-electron chi connectivity index (χ2n) is 4.28. The Morgan fingerprint density at radius 2 is 2.07 bits per heavy atom. The van der Waals surface area contributed by atoms with Crippen LogP contribution in [0.4, 0.5) is 5.69 Å². The Kier molecular flexibility index (Phi) is 2.65. The fraction of sp³-hybridized carbons (Fsp3) is 0.417. The molecule has 0 amide bonds. The number of nitrogens with one attached hydrogen (secondary N) is 1. The van der Waals surface area contributed by atoms with Crippen LogP contribution in [0.15, 0.2) is 30.3 Å². The minimum atomic E-state index is 0.116. The summed E-state index contributed by atoms with van der Waals surface area (Å²) in [6.45, 7) is 5.35. The third-order valence-corrected chi connectivity index (χ3v) is 3.72. The molecule has 0 aromatic heterocycles. The highest BCUT2D eigenvalue weighted by atomic mass is 32.1. The molecule has 2 nitrogen and oxygen atoms in total. The van der Waals surface area contributed by atoms with Crippen LogP contribution < -0.4 is 10.4 Å². The first-order chi connectivity index (χ1) is 7.15. The molecular weight excluding hydrogens is 204 g/mol. The van der Waals surface area contributed by atoms with E-state index in [1.54, 1.807) is 0 Å². The van der Waals surface area contributed by atoms with Crippen LogP contribution in [-0.2, 0) is 0 Å². The van der Waals surface area contributed by atoms with Crippen molar-refractivity contribution >= 4 is 22.9 Å². The molecule has 15 heavy (non-hydrogen) atoms. The van der Waals surface area contributed by atoms with Gasteiger partial charge in [0.15, 0.2) is 0 Å². The molecule has 1 aliphatic heterocycles. The Hall–Kier alpha value is -1.09. The van der Waals surface area contributed by atoms with Gasteiger partial charge in [-0.3, -0.25) is 10.4 Å². The van der Waals surface area contributed by atoms with Gasteiger partial charge < -0.3 is 0 Å². The van der Waals surface area contributed by atoms with E-state index in [4.69, 9.17) is 12.2 Å². The van der Waals surface area contributed by atoms with Crippen LogP contribution >= 0.6 is 12.2 Å². The van der Waals surface area contributed by atoms with Crippen molar-refractivity contribution in [2.45, 2.75) is 20.3 Å². The quantitative estimate of drug-likeness (QED) is 0.772. The van der Waals surface area contributed by atoms with Gasteiger partial charge in [-0.05, 0) is 18.6 Å². The highest BCUT2D eigenvalue weighted by molar-refractivity contribution is 7.80. The molecule has 1 N–H and O–H groups in total. The summed E-state index contributed by atoms with van der Waals surface area (Å²) >= 11 is 5.38. The van der Waals surface area contributed by atoms with Crippen molar-refractivity contribution in [3.05, 3.63) is 30.3 Å². The number of para-hydroxylation sites is 1. The van der Waals surface area contributed by atoms with Gasteiger partial charge in [-0.25, -0.2) is 0 Å². The minimum Gasteiger partial charge on any atom is -0.291 e. The van der Waals surface area contributed by atoms with E-state index in [0.717, 1.165) is 18.0 Å². The SMILES string of the molecule is CCC1(C)CN(c2ccccc2)NC1=S. The summed E-state index contributed by atoms with van der Waals surface area (Å²) in [6, 6.07) is 10.3. The Morgan fingerprint density at radius 1 is 1.40 bits per heavy atom. The molecule has 1 saturated heterocycles. The predicted octanol–water partition coefficient (Wildman–Crippen LogP) is 2.75. The number of anilines is 1. The van der Waals surface area contributed by atoms with Gasteiger partial charge in [-0.2, -0.15) is 0 Å². The molecule has 3 heteroatoms. The number of hydrogen-bond acceptors (Lipinski definition) is 2. The van der Waals surface area contributed by atoms with Crippen LogP contribution in [0.3, 0.4) is 0 Å². The number of thiocarbonyl (C=S) groups is 1. The van der Waals surface area contributed by atoms with Crippen molar-refractivity contribution < 1.29 is 0 Å². The smallest absolute Gasteiger partial charge is 0.102 e. The van der Waals surface area contributed by atoms with E-state index in [9.17, 15) is 0 Å². The zero-order valence-electron chi connectivity index (χ0n) is 9.16. The fourth-order valence-corrected chi connectivity index (χ4v) is 2.07. The molecule has 0 radical (unpaired) electrons. The Balaban J connectivity index is 2.20. The highest BCUT2D eigenvalue weighted by Gasteiger charge is 2.37. The fourth-order valence-electron chi connectivity index (χ4n) is 1.75. The lowest BCUT2D eigenvalue weighted by atomic mass is 9.89. The van der Waals surface area contributed by atoms with E-state index >= 15 is 0 Å². The van der Waals surface area contributed by atoms with Crippen LogP contribution in [-0.4, -0.2) is 11.5 Å². The lowest BCUT2D eigenvalue weighted by Gasteiger charge is -2.20. The Morgan fingerprint density at radius 3 is 2.60 bits per heavy atom. The molecular formula is C12H16N2S. The molecule has 0 saturated carbocycles. The predicted molar refractivity (Wildman–Crippen MR) is 67.9 cm³/mol. The average molecular weight is 220 g/mol. The molecule has 0 bridgehead atoms. The molecule has 0 aliphatic carbocycles. The standard InChI is InChI=1S/C12H16N2S/c1-3-12(2)9-14(13-11(12)15)10-7-5-4-6-8-10/h4-8H,3,9H2,1-2H3,(H,13,15). The molecule has 1 aliphatic rings. The maximum absolute atomic E-state index is 5.38. The molecule has 1 aromatic carbocycles. The van der Waals surface area contributed by atoms with Crippen molar-refractivity contribution in [2.75, 3.05) is 11.6 Å². The maximum atomic E-state index is 5.38. The van der Waals surface area contributed by atoms with Crippen molar-refractivity contribution in [1.29, 1.82) is 0 Å². The van der Waals surface area contributed by atoms with E-state index in [1.165, 1.54) is 5.69 Å². The average Bonchev–Trinajstić information content (AvgIpc) is 2.58. The third-order valence-electron chi connectivity index (χ3n) is 3.14. The first-order valence-electron chi connectivity index (χ1n) is 5.29. The number of hydrazine groups is 1. The zero-order chi connectivity index (χ0) is 10.9. The summed E-state index contributed by atoms with van der Waals surface area (Å²) in [5.41, 5.74) is 4.57.